The Kier molecular flexibility index (Phi) is 5.64. The van der Waals surface area contributed by atoms with Crippen molar-refractivity contribution in [3.05, 3.63) is 30.4 Å². The van der Waals surface area contributed by atoms with Gasteiger partial charge in [-0.05, 0) is 30.4 Å². The van der Waals surface area contributed by atoms with Crippen LogP contribution in [0.5, 0.6) is 11.5 Å². The maximum absolute atomic E-state index is 13.1. The maximum atomic E-state index is 13.1. The normalized spacial score (nSPS) is 28.5. The molecule has 0 N–H and O–H groups in total. The van der Waals surface area contributed by atoms with E-state index in [4.69, 9.17) is 9.47 Å². The van der Waals surface area contributed by atoms with Crippen LogP contribution in [0.25, 0.3) is 0 Å². The number of benzene rings is 1. The Morgan fingerprint density at radius 2 is 1.53 bits per heavy atom. The molecule has 10 nitrogen and oxygen atoms in total. The van der Waals surface area contributed by atoms with Crippen molar-refractivity contribution in [2.75, 3.05) is 46.9 Å². The summed E-state index contributed by atoms with van der Waals surface area (Å²) in [7, 11) is -0.885. The van der Waals surface area contributed by atoms with Crippen LogP contribution in [0.3, 0.4) is 0 Å². The second-order valence-corrected chi connectivity index (χ2v) is 11.0. The number of piperazine rings is 1. The average Bonchev–Trinajstić information content (AvgIpc) is 3.53. The molecule has 11 heteroatoms. The number of imide groups is 1. The first kappa shape index (κ1) is 22.9. The van der Waals surface area contributed by atoms with Crippen LogP contribution in [0.1, 0.15) is 6.42 Å². The van der Waals surface area contributed by atoms with E-state index in [2.05, 4.69) is 0 Å². The number of methoxy groups -OCH3 is 2. The molecular formula is C23H27N3O7S. The van der Waals surface area contributed by atoms with Crippen molar-refractivity contribution in [3.8, 4) is 11.5 Å². The zero-order valence-corrected chi connectivity index (χ0v) is 19.9. The Bertz CT molecular complexity index is 1140. The van der Waals surface area contributed by atoms with Crippen LogP contribution in [0.2, 0.25) is 0 Å². The molecule has 0 radical (unpaired) electrons. The number of rotatable bonds is 6. The Hall–Kier alpha value is -2.92. The van der Waals surface area contributed by atoms with E-state index in [-0.39, 0.29) is 79.0 Å². The molecule has 2 heterocycles. The minimum absolute atomic E-state index is 0.0768. The SMILES string of the molecule is COc1ccc(S(=O)(=O)N2CCN(C(=O)CN3C(=O)C4C5C=CC(C5)C4C3=O)CC2)cc1OC. The number of carbonyl (C=O) groups is 3. The summed E-state index contributed by atoms with van der Waals surface area (Å²) in [4.78, 5) is 41.3. The van der Waals surface area contributed by atoms with E-state index in [1.54, 1.807) is 0 Å². The molecule has 1 aromatic rings. The van der Waals surface area contributed by atoms with Gasteiger partial charge in [0.15, 0.2) is 11.5 Å². The molecule has 4 unspecified atom stereocenters. The van der Waals surface area contributed by atoms with Crippen molar-refractivity contribution < 1.29 is 32.3 Å². The Morgan fingerprint density at radius 3 is 2.09 bits per heavy atom. The third-order valence-electron chi connectivity index (χ3n) is 7.44. The lowest BCUT2D eigenvalue weighted by Gasteiger charge is -2.34. The first-order chi connectivity index (χ1) is 16.3. The molecule has 0 spiro atoms. The van der Waals surface area contributed by atoms with Crippen molar-refractivity contribution >= 4 is 27.7 Å². The van der Waals surface area contributed by atoms with E-state index in [1.165, 1.54) is 41.6 Å². The van der Waals surface area contributed by atoms with Crippen molar-refractivity contribution in [1.29, 1.82) is 0 Å². The highest BCUT2D eigenvalue weighted by atomic mass is 32.2. The highest BCUT2D eigenvalue weighted by molar-refractivity contribution is 7.89. The summed E-state index contributed by atoms with van der Waals surface area (Å²) in [5.41, 5.74) is 0. The number of ether oxygens (including phenoxy) is 2. The molecule has 0 aromatic heterocycles. The lowest BCUT2D eigenvalue weighted by atomic mass is 9.85. The molecule has 4 atom stereocenters. The number of likely N-dealkylation sites (tertiary alicyclic amines) is 1. The lowest BCUT2D eigenvalue weighted by molar-refractivity contribution is -0.147. The first-order valence-electron chi connectivity index (χ1n) is 11.3. The van der Waals surface area contributed by atoms with E-state index in [1.807, 2.05) is 12.2 Å². The van der Waals surface area contributed by atoms with Crippen LogP contribution < -0.4 is 9.47 Å². The summed E-state index contributed by atoms with van der Waals surface area (Å²) >= 11 is 0. The Morgan fingerprint density at radius 1 is 0.941 bits per heavy atom. The monoisotopic (exact) mass is 489 g/mol. The van der Waals surface area contributed by atoms with Crippen LogP contribution in [-0.2, 0) is 24.4 Å². The van der Waals surface area contributed by atoms with E-state index in [0.29, 0.717) is 11.5 Å². The number of sulfonamides is 1. The molecule has 182 valence electrons. The highest BCUT2D eigenvalue weighted by Crippen LogP contribution is 2.52. The molecule has 5 rings (SSSR count). The van der Waals surface area contributed by atoms with Gasteiger partial charge in [0.25, 0.3) is 0 Å². The minimum atomic E-state index is -3.79. The molecule has 34 heavy (non-hydrogen) atoms. The van der Waals surface area contributed by atoms with Crippen molar-refractivity contribution in [1.82, 2.24) is 14.1 Å². The van der Waals surface area contributed by atoms with E-state index in [9.17, 15) is 22.8 Å². The smallest absolute Gasteiger partial charge is 0.243 e. The van der Waals surface area contributed by atoms with Crippen LogP contribution in [0.4, 0.5) is 0 Å². The first-order valence-corrected chi connectivity index (χ1v) is 12.7. The van der Waals surface area contributed by atoms with Crippen LogP contribution in [0, 0.1) is 23.7 Å². The number of allylic oxidation sites excluding steroid dienone is 2. The number of carbonyl (C=O) groups excluding carboxylic acids is 3. The molecule has 3 amide bonds. The van der Waals surface area contributed by atoms with E-state index >= 15 is 0 Å². The average molecular weight is 490 g/mol. The van der Waals surface area contributed by atoms with Gasteiger partial charge in [0.05, 0.1) is 31.0 Å². The third kappa shape index (κ3) is 3.49. The van der Waals surface area contributed by atoms with Gasteiger partial charge in [-0.1, -0.05) is 12.2 Å². The third-order valence-corrected chi connectivity index (χ3v) is 9.33. The molecule has 2 saturated heterocycles. The van der Waals surface area contributed by atoms with Gasteiger partial charge < -0.3 is 14.4 Å². The van der Waals surface area contributed by atoms with Gasteiger partial charge >= 0.3 is 0 Å². The van der Waals surface area contributed by atoms with E-state index in [0.717, 1.165) is 11.3 Å². The van der Waals surface area contributed by atoms with Gasteiger partial charge in [0.1, 0.15) is 6.54 Å². The standard InChI is InChI=1S/C23H27N3O7S/c1-32-17-6-5-16(12-18(17)33-2)34(30,31)25-9-7-24(8-10-25)19(27)13-26-22(28)20-14-3-4-15(11-14)21(20)23(26)29/h3-6,12,14-15,20-21H,7-11,13H2,1-2H3. The molecule has 4 aliphatic rings. The molecule has 1 aromatic carbocycles. The number of nitrogens with zero attached hydrogens (tertiary/aromatic N) is 3. The fraction of sp³-hybridized carbons (Fsp3) is 0.522. The molecule has 2 aliphatic carbocycles. The summed E-state index contributed by atoms with van der Waals surface area (Å²) in [5.74, 6) is -0.595. The summed E-state index contributed by atoms with van der Waals surface area (Å²) in [6.07, 6.45) is 4.87. The van der Waals surface area contributed by atoms with Gasteiger partial charge in [-0.2, -0.15) is 4.31 Å². The molecule has 2 bridgehead atoms. The molecule has 2 aliphatic heterocycles. The van der Waals surface area contributed by atoms with Gasteiger partial charge in [-0.3, -0.25) is 19.3 Å². The topological polar surface area (TPSA) is 114 Å². The zero-order chi connectivity index (χ0) is 24.2. The summed E-state index contributed by atoms with van der Waals surface area (Å²) in [6.45, 7) is 0.308. The summed E-state index contributed by atoms with van der Waals surface area (Å²) < 4.78 is 37.9. The van der Waals surface area contributed by atoms with Crippen LogP contribution in [0.15, 0.2) is 35.2 Å². The zero-order valence-electron chi connectivity index (χ0n) is 19.0. The second kappa shape index (κ2) is 8.38. The minimum Gasteiger partial charge on any atom is -0.493 e. The Labute approximate surface area is 198 Å². The van der Waals surface area contributed by atoms with Gasteiger partial charge in [-0.15, -0.1) is 0 Å². The fourth-order valence-corrected chi connectivity index (χ4v) is 7.10. The lowest BCUT2D eigenvalue weighted by Crippen LogP contribution is -2.53. The quantitative estimate of drug-likeness (QED) is 0.418. The number of amides is 3. The number of fused-ring (bicyclic) bond motifs is 5. The van der Waals surface area contributed by atoms with Crippen molar-refractivity contribution in [2.24, 2.45) is 23.7 Å². The maximum Gasteiger partial charge on any atom is 0.243 e. The Balaban J connectivity index is 1.21. The number of hydrogen-bond acceptors (Lipinski definition) is 7. The fourth-order valence-electron chi connectivity index (χ4n) is 5.66. The molecule has 1 saturated carbocycles. The van der Waals surface area contributed by atoms with E-state index < -0.39 is 10.0 Å². The van der Waals surface area contributed by atoms with Crippen LogP contribution in [-0.4, -0.2) is 87.2 Å². The van der Waals surface area contributed by atoms with Crippen LogP contribution >= 0.6 is 0 Å². The van der Waals surface area contributed by atoms with Gasteiger partial charge in [0, 0.05) is 32.2 Å². The number of hydrogen-bond donors (Lipinski definition) is 0. The molecule has 3 fully saturated rings. The summed E-state index contributed by atoms with van der Waals surface area (Å²) in [5, 5.41) is 0. The predicted molar refractivity (Wildman–Crippen MR) is 119 cm³/mol. The van der Waals surface area contributed by atoms with Crippen molar-refractivity contribution in [3.63, 3.8) is 0 Å². The second-order valence-electron chi connectivity index (χ2n) is 9.06. The predicted octanol–water partition coefficient (Wildman–Crippen LogP) is 0.344. The van der Waals surface area contributed by atoms with Gasteiger partial charge in [0.2, 0.25) is 27.7 Å². The van der Waals surface area contributed by atoms with Crippen molar-refractivity contribution in [2.45, 2.75) is 11.3 Å². The summed E-state index contributed by atoms with van der Waals surface area (Å²) in [6, 6.07) is 4.40. The highest BCUT2D eigenvalue weighted by Gasteiger charge is 2.59. The largest absolute Gasteiger partial charge is 0.493 e. The van der Waals surface area contributed by atoms with Gasteiger partial charge in [-0.25, -0.2) is 8.42 Å². The molecular weight excluding hydrogens is 462 g/mol.